The predicted molar refractivity (Wildman–Crippen MR) is 48.1 cm³/mol. The Kier molecular flexibility index (Phi) is 4.15. The number of aliphatic hydroxyl groups is 1. The molecular formula is C6H10N6O4. The molecule has 0 aromatic carbocycles. The standard InChI is InChI=1S/C6H10N6O4/c13-3(5(14)15)1-7-6(16)8-2-4-9-11-12-10-4/h3,13H,1-2H2,(H,14,15)(H2,7,8,16)(H,9,10,11,12)/t3-/m0/s1. The van der Waals surface area contributed by atoms with Crippen LogP contribution in [0.5, 0.6) is 0 Å². The van der Waals surface area contributed by atoms with E-state index in [0.717, 1.165) is 0 Å². The molecular weight excluding hydrogens is 220 g/mol. The highest BCUT2D eigenvalue weighted by atomic mass is 16.4. The maximum absolute atomic E-state index is 11.1. The normalized spacial score (nSPS) is 11.8. The molecule has 1 aromatic heterocycles. The average molecular weight is 230 g/mol. The Hall–Kier alpha value is -2.23. The van der Waals surface area contributed by atoms with E-state index in [0.29, 0.717) is 0 Å². The van der Waals surface area contributed by atoms with Crippen LogP contribution in [0.2, 0.25) is 0 Å². The summed E-state index contributed by atoms with van der Waals surface area (Å²) in [5.41, 5.74) is 0. The first-order chi connectivity index (χ1) is 7.59. The van der Waals surface area contributed by atoms with Crippen molar-refractivity contribution in [3.8, 4) is 0 Å². The Morgan fingerprint density at radius 2 is 2.19 bits per heavy atom. The van der Waals surface area contributed by atoms with Gasteiger partial charge in [-0.1, -0.05) is 5.21 Å². The molecule has 1 atom stereocenters. The van der Waals surface area contributed by atoms with Gasteiger partial charge in [0.15, 0.2) is 11.9 Å². The molecule has 16 heavy (non-hydrogen) atoms. The molecule has 5 N–H and O–H groups in total. The van der Waals surface area contributed by atoms with Crippen molar-refractivity contribution in [3.05, 3.63) is 5.82 Å². The van der Waals surface area contributed by atoms with E-state index >= 15 is 0 Å². The Balaban J connectivity index is 2.19. The Labute approximate surface area is 89.0 Å². The molecule has 1 rings (SSSR count). The molecule has 0 bridgehead atoms. The first-order valence-corrected chi connectivity index (χ1v) is 4.24. The van der Waals surface area contributed by atoms with Crippen LogP contribution in [-0.2, 0) is 11.3 Å². The van der Waals surface area contributed by atoms with E-state index in [9.17, 15) is 9.59 Å². The molecule has 10 nitrogen and oxygen atoms in total. The number of aromatic nitrogens is 4. The number of rotatable bonds is 5. The number of aliphatic hydroxyl groups excluding tert-OH is 1. The summed E-state index contributed by atoms with van der Waals surface area (Å²) < 4.78 is 0. The van der Waals surface area contributed by atoms with E-state index in [1.165, 1.54) is 0 Å². The number of carboxylic acid groups (broad SMARTS) is 1. The number of hydrogen-bond acceptors (Lipinski definition) is 6. The molecule has 0 saturated heterocycles. The summed E-state index contributed by atoms with van der Waals surface area (Å²) in [4.78, 5) is 21.3. The molecule has 0 saturated carbocycles. The zero-order chi connectivity index (χ0) is 12.0. The molecule has 0 aliphatic carbocycles. The lowest BCUT2D eigenvalue weighted by molar-refractivity contribution is -0.146. The van der Waals surface area contributed by atoms with E-state index in [1.54, 1.807) is 0 Å². The summed E-state index contributed by atoms with van der Waals surface area (Å²) in [5, 5.41) is 34.3. The molecule has 0 aliphatic rings. The van der Waals surface area contributed by atoms with Gasteiger partial charge in [0.25, 0.3) is 0 Å². The quantitative estimate of drug-likeness (QED) is 0.373. The lowest BCUT2D eigenvalue weighted by atomic mass is 10.4. The van der Waals surface area contributed by atoms with Gasteiger partial charge in [0, 0.05) is 0 Å². The van der Waals surface area contributed by atoms with Crippen LogP contribution in [0, 0.1) is 0 Å². The highest BCUT2D eigenvalue weighted by molar-refractivity contribution is 5.76. The van der Waals surface area contributed by atoms with E-state index in [-0.39, 0.29) is 18.9 Å². The van der Waals surface area contributed by atoms with Crippen LogP contribution in [0.3, 0.4) is 0 Å². The van der Waals surface area contributed by atoms with Gasteiger partial charge in [-0.3, -0.25) is 0 Å². The van der Waals surface area contributed by atoms with Gasteiger partial charge in [-0.25, -0.2) is 9.59 Å². The Bertz CT molecular complexity index is 352. The van der Waals surface area contributed by atoms with Gasteiger partial charge < -0.3 is 20.8 Å². The molecule has 0 aliphatic heterocycles. The number of hydrogen-bond donors (Lipinski definition) is 5. The van der Waals surface area contributed by atoms with Crippen molar-refractivity contribution in [1.82, 2.24) is 31.3 Å². The third-order valence-corrected chi connectivity index (χ3v) is 1.54. The third kappa shape index (κ3) is 3.88. The maximum Gasteiger partial charge on any atom is 0.334 e. The van der Waals surface area contributed by atoms with Crippen LogP contribution in [0.4, 0.5) is 4.79 Å². The predicted octanol–water partition coefficient (Wildman–Crippen LogP) is -2.56. The molecule has 0 radical (unpaired) electrons. The van der Waals surface area contributed by atoms with Crippen molar-refractivity contribution in [1.29, 1.82) is 0 Å². The Morgan fingerprint density at radius 1 is 1.44 bits per heavy atom. The number of nitrogens with zero attached hydrogens (tertiary/aromatic N) is 3. The van der Waals surface area contributed by atoms with E-state index in [2.05, 4.69) is 31.3 Å². The molecule has 10 heteroatoms. The first kappa shape index (κ1) is 11.8. The van der Waals surface area contributed by atoms with Gasteiger partial charge in [0.05, 0.1) is 13.1 Å². The smallest absolute Gasteiger partial charge is 0.334 e. The number of tetrazole rings is 1. The van der Waals surface area contributed by atoms with Gasteiger partial charge in [-0.15, -0.1) is 10.2 Å². The second kappa shape index (κ2) is 5.60. The van der Waals surface area contributed by atoms with Crippen molar-refractivity contribution in [2.75, 3.05) is 6.54 Å². The fourth-order valence-corrected chi connectivity index (χ4v) is 0.756. The third-order valence-electron chi connectivity index (χ3n) is 1.54. The van der Waals surface area contributed by atoms with Crippen molar-refractivity contribution < 1.29 is 19.8 Å². The molecule has 2 amide bonds. The molecule has 0 spiro atoms. The van der Waals surface area contributed by atoms with Crippen molar-refractivity contribution in [2.45, 2.75) is 12.6 Å². The van der Waals surface area contributed by atoms with Gasteiger partial charge in [0.1, 0.15) is 0 Å². The summed E-state index contributed by atoms with van der Waals surface area (Å²) in [5.74, 6) is -1.12. The Morgan fingerprint density at radius 3 is 2.75 bits per heavy atom. The molecule has 1 heterocycles. The second-order valence-electron chi connectivity index (χ2n) is 2.75. The van der Waals surface area contributed by atoms with Crippen LogP contribution in [0.25, 0.3) is 0 Å². The van der Waals surface area contributed by atoms with Gasteiger partial charge in [-0.05, 0) is 0 Å². The molecule has 1 aromatic rings. The van der Waals surface area contributed by atoms with E-state index in [4.69, 9.17) is 10.2 Å². The highest BCUT2D eigenvalue weighted by Gasteiger charge is 2.13. The van der Waals surface area contributed by atoms with Crippen LogP contribution in [-0.4, -0.2) is 55.5 Å². The van der Waals surface area contributed by atoms with Crippen LogP contribution in [0.1, 0.15) is 5.82 Å². The van der Waals surface area contributed by atoms with Crippen molar-refractivity contribution >= 4 is 12.0 Å². The zero-order valence-electron chi connectivity index (χ0n) is 8.04. The topological polar surface area (TPSA) is 153 Å². The second-order valence-corrected chi connectivity index (χ2v) is 2.75. The molecule has 88 valence electrons. The monoisotopic (exact) mass is 230 g/mol. The lowest BCUT2D eigenvalue weighted by Gasteiger charge is -2.07. The molecule has 0 unspecified atom stereocenters. The van der Waals surface area contributed by atoms with Crippen molar-refractivity contribution in [2.24, 2.45) is 0 Å². The minimum absolute atomic E-state index is 0.0471. The maximum atomic E-state index is 11.1. The van der Waals surface area contributed by atoms with Gasteiger partial charge >= 0.3 is 12.0 Å². The average Bonchev–Trinajstić information content (AvgIpc) is 2.75. The minimum atomic E-state index is -1.63. The number of carbonyl (C=O) groups excluding carboxylic acids is 1. The number of amides is 2. The summed E-state index contributed by atoms with van der Waals surface area (Å²) in [7, 11) is 0. The van der Waals surface area contributed by atoms with Crippen LogP contribution < -0.4 is 10.6 Å². The van der Waals surface area contributed by atoms with Crippen LogP contribution in [0.15, 0.2) is 0 Å². The summed E-state index contributed by atoms with van der Waals surface area (Å²) >= 11 is 0. The number of carboxylic acids is 1. The number of aliphatic carboxylic acids is 1. The largest absolute Gasteiger partial charge is 0.479 e. The number of aromatic amines is 1. The van der Waals surface area contributed by atoms with Gasteiger partial charge in [-0.2, -0.15) is 5.21 Å². The zero-order valence-corrected chi connectivity index (χ0v) is 8.04. The number of urea groups is 1. The highest BCUT2D eigenvalue weighted by Crippen LogP contribution is 1.82. The number of nitrogens with one attached hydrogen (secondary N) is 3. The summed E-state index contributed by atoms with van der Waals surface area (Å²) in [6.07, 6.45) is -1.63. The van der Waals surface area contributed by atoms with Crippen molar-refractivity contribution in [3.63, 3.8) is 0 Å². The number of carbonyl (C=O) groups is 2. The summed E-state index contributed by atoms with van der Waals surface area (Å²) in [6, 6.07) is -0.634. The van der Waals surface area contributed by atoms with E-state index in [1.807, 2.05) is 0 Å². The van der Waals surface area contributed by atoms with E-state index < -0.39 is 18.1 Å². The fraction of sp³-hybridized carbons (Fsp3) is 0.500. The van der Waals surface area contributed by atoms with Gasteiger partial charge in [0.2, 0.25) is 0 Å². The number of H-pyrrole nitrogens is 1. The SMILES string of the molecule is O=C(NCc1nn[nH]n1)NC[C@H](O)C(=O)O. The van der Waals surface area contributed by atoms with Crippen LogP contribution >= 0.6 is 0 Å². The minimum Gasteiger partial charge on any atom is -0.479 e. The fourth-order valence-electron chi connectivity index (χ4n) is 0.756. The molecule has 0 fully saturated rings. The lowest BCUT2D eigenvalue weighted by Crippen LogP contribution is -2.41. The summed E-state index contributed by atoms with van der Waals surface area (Å²) in [6.45, 7) is -0.334. The first-order valence-electron chi connectivity index (χ1n) is 4.24.